The molecule has 0 aromatic rings. The number of halogens is 6. The maximum atomic E-state index is 6.58. The number of rotatable bonds is 24. The van der Waals surface area contributed by atoms with Crippen molar-refractivity contribution in [3.8, 4) is 0 Å². The van der Waals surface area contributed by atoms with Crippen molar-refractivity contribution in [3.63, 3.8) is 0 Å². The van der Waals surface area contributed by atoms with Gasteiger partial charge < -0.3 is 8.46 Å². The summed E-state index contributed by atoms with van der Waals surface area (Å²) in [5.74, 6) is 1.95. The summed E-state index contributed by atoms with van der Waals surface area (Å²) in [6, 6.07) is -5.61. The Bertz CT molecular complexity index is 770. The minimum absolute atomic E-state index is 0.165. The first-order chi connectivity index (χ1) is 19.9. The second-order valence-corrected chi connectivity index (χ2v) is 36.1. The van der Waals surface area contributed by atoms with Gasteiger partial charge in [0, 0.05) is 0 Å². The molecule has 0 bridgehead atoms. The molecule has 0 fully saturated rings. The topological polar surface area (TPSA) is 6.48 Å². The molecule has 2 unspecified atom stereocenters. The van der Waals surface area contributed by atoms with Gasteiger partial charge in [0.25, 0.3) is 0 Å². The van der Waals surface area contributed by atoms with Crippen LogP contribution in [0.1, 0.15) is 93.9 Å². The van der Waals surface area contributed by atoms with Gasteiger partial charge in [-0.3, -0.25) is 0 Å². The molecule has 0 spiro atoms. The third-order valence-electron chi connectivity index (χ3n) is 6.05. The van der Waals surface area contributed by atoms with Gasteiger partial charge in [-0.1, -0.05) is 45.1 Å². The molecule has 0 aliphatic carbocycles. The third kappa shape index (κ3) is 26.9. The van der Waals surface area contributed by atoms with Gasteiger partial charge in [-0.15, -0.1) is 66.5 Å². The van der Waals surface area contributed by atoms with Crippen molar-refractivity contribution in [2.75, 3.05) is 24.6 Å². The Balaban J connectivity index is 4.84. The van der Waals surface area contributed by atoms with E-state index in [1.54, 1.807) is 0 Å². The van der Waals surface area contributed by atoms with E-state index in [2.05, 4.69) is 86.6 Å². The Kier molecular flexibility index (Phi) is 26.6. The number of nitrogens with zero attached hydrogens (tertiary/aromatic N) is 2. The summed E-state index contributed by atoms with van der Waals surface area (Å²) < 4.78 is 5.05. The van der Waals surface area contributed by atoms with Gasteiger partial charge in [0.15, 0.2) is 38.7 Å². The van der Waals surface area contributed by atoms with Crippen LogP contribution in [0, 0.1) is 0 Å². The van der Waals surface area contributed by atoms with Crippen molar-refractivity contribution >= 4 is 129 Å². The first-order valence-corrected chi connectivity index (χ1v) is 30.2. The average Bonchev–Trinajstić information content (AvgIpc) is 2.86. The van der Waals surface area contributed by atoms with Crippen molar-refractivity contribution in [1.82, 2.24) is 8.46 Å². The highest BCUT2D eigenvalue weighted by Crippen LogP contribution is 2.42. The number of thioether (sulfide) groups is 1. The molecule has 0 heterocycles. The highest BCUT2D eigenvalue weighted by atomic mass is 35.8. The van der Waals surface area contributed by atoms with Crippen molar-refractivity contribution < 1.29 is 0 Å². The lowest BCUT2D eigenvalue weighted by Gasteiger charge is -2.25. The van der Waals surface area contributed by atoms with Crippen molar-refractivity contribution in [1.29, 1.82) is 0 Å². The molecule has 0 saturated heterocycles. The van der Waals surface area contributed by atoms with Gasteiger partial charge in [-0.05, 0) is 130 Å². The predicted molar refractivity (Wildman–Crippen MR) is 213 cm³/mol. The van der Waals surface area contributed by atoms with Gasteiger partial charge in [0.05, 0.1) is 0 Å². The van der Waals surface area contributed by atoms with Crippen LogP contribution in [-0.4, -0.2) is 83.8 Å². The molecule has 0 aliphatic heterocycles. The van der Waals surface area contributed by atoms with Crippen LogP contribution in [0.25, 0.3) is 0 Å². The minimum Gasteiger partial charge on any atom is -0.342 e. The SMILES string of the molecule is CC(C)=C[Si]N(CCCC(CCSCCC(CCCN([Si]C=C(C)C)[Si]C=C(C)C)[Si](Cl)(Cl)Cl)[Si](Cl)(Cl)Cl)[Si]C=C(C)C. The van der Waals surface area contributed by atoms with E-state index in [1.807, 2.05) is 11.8 Å². The fraction of sp³-hybridized carbons (Fsp3) is 0.714. The van der Waals surface area contributed by atoms with Crippen LogP contribution in [0.4, 0.5) is 0 Å². The Morgan fingerprint density at radius 1 is 0.535 bits per heavy atom. The van der Waals surface area contributed by atoms with Gasteiger partial charge in [0.1, 0.15) is 0 Å². The molecule has 0 amide bonds. The van der Waals surface area contributed by atoms with Crippen LogP contribution in [-0.2, 0) is 0 Å². The van der Waals surface area contributed by atoms with E-state index in [1.165, 1.54) is 22.3 Å². The zero-order valence-electron chi connectivity index (χ0n) is 27.1. The van der Waals surface area contributed by atoms with Crippen LogP contribution < -0.4 is 0 Å². The molecular weight excluding hydrogens is 778 g/mol. The Morgan fingerprint density at radius 2 is 0.814 bits per heavy atom. The predicted octanol–water partition coefficient (Wildman–Crippen LogP) is 10.9. The molecular formula is C28H50Cl6N2SSi6. The Labute approximate surface area is 309 Å². The maximum absolute atomic E-state index is 6.58. The maximum Gasteiger partial charge on any atom is 0.344 e. The smallest absolute Gasteiger partial charge is 0.342 e. The summed E-state index contributed by atoms with van der Waals surface area (Å²) in [4.78, 5) is 0. The molecule has 0 aromatic carbocycles. The second kappa shape index (κ2) is 25.3. The molecule has 0 N–H and O–H groups in total. The highest BCUT2D eigenvalue weighted by Gasteiger charge is 2.37. The molecule has 2 atom stereocenters. The zero-order valence-corrected chi connectivity index (χ0v) is 38.5. The van der Waals surface area contributed by atoms with Crippen LogP contribution in [0.15, 0.2) is 45.1 Å². The van der Waals surface area contributed by atoms with E-state index in [0.717, 1.165) is 63.1 Å². The fourth-order valence-corrected chi connectivity index (χ4v) is 15.3. The van der Waals surface area contributed by atoms with E-state index >= 15 is 0 Å². The van der Waals surface area contributed by atoms with Gasteiger partial charge in [-0.2, -0.15) is 11.8 Å². The highest BCUT2D eigenvalue weighted by molar-refractivity contribution is 7.99. The number of allylic oxidation sites excluding steroid dienone is 4. The largest absolute Gasteiger partial charge is 0.344 e. The van der Waals surface area contributed by atoms with Crippen molar-refractivity contribution in [2.24, 2.45) is 0 Å². The lowest BCUT2D eigenvalue weighted by molar-refractivity contribution is 0.577. The molecule has 0 saturated carbocycles. The van der Waals surface area contributed by atoms with E-state index < -0.39 is 12.0 Å². The number of hydrogen-bond acceptors (Lipinski definition) is 3. The van der Waals surface area contributed by atoms with Crippen molar-refractivity contribution in [3.05, 3.63) is 45.1 Å². The minimum atomic E-state index is -2.80. The molecule has 244 valence electrons. The van der Waals surface area contributed by atoms with Crippen molar-refractivity contribution in [2.45, 2.75) is 105 Å². The summed E-state index contributed by atoms with van der Waals surface area (Å²) in [6.07, 6.45) is 5.87. The van der Waals surface area contributed by atoms with E-state index in [0.29, 0.717) is 38.7 Å². The molecule has 0 aromatic heterocycles. The first-order valence-electron chi connectivity index (χ1n) is 14.8. The molecule has 0 aliphatic rings. The van der Waals surface area contributed by atoms with Crippen LogP contribution in [0.5, 0.6) is 0 Å². The molecule has 0 rings (SSSR count). The molecule has 2 nitrogen and oxygen atoms in total. The summed E-state index contributed by atoms with van der Waals surface area (Å²) in [5, 5.41) is 0. The van der Waals surface area contributed by atoms with Crippen LogP contribution >= 0.6 is 78.2 Å². The van der Waals surface area contributed by atoms with Gasteiger partial charge in [0.2, 0.25) is 0 Å². The second-order valence-electron chi connectivity index (χ2n) is 11.7. The van der Waals surface area contributed by atoms with Crippen LogP contribution in [0.3, 0.4) is 0 Å². The Morgan fingerprint density at radius 3 is 1.05 bits per heavy atom. The first kappa shape index (κ1) is 45.3. The summed E-state index contributed by atoms with van der Waals surface area (Å²) >= 11 is 41.4. The fourth-order valence-electron chi connectivity index (χ4n) is 3.65. The lowest BCUT2D eigenvalue weighted by atomic mass is 10.2. The van der Waals surface area contributed by atoms with E-state index in [-0.39, 0.29) is 11.1 Å². The summed E-state index contributed by atoms with van der Waals surface area (Å²) in [7, 11) is 2.77. The molecule has 43 heavy (non-hydrogen) atoms. The molecule has 8 radical (unpaired) electrons. The van der Waals surface area contributed by atoms with Crippen LogP contribution in [0.2, 0.25) is 11.1 Å². The standard InChI is InChI=1S/C28H50Cl6N2SSi6/c1-23(2)19-38-35(39-20-24(3)4)15-9-11-27(42(29,30)31)13-17-37-18-14-28(43(32,33)34)12-10-16-36(40-21-25(5)6)41-22-26(7)8/h19-22,27-28H,9-18H2,1-8H3. The lowest BCUT2D eigenvalue weighted by Crippen LogP contribution is -2.32. The number of hydrogen-bond donors (Lipinski definition) is 0. The van der Waals surface area contributed by atoms with E-state index in [4.69, 9.17) is 66.5 Å². The normalized spacial score (nSPS) is 13.6. The quantitative estimate of drug-likeness (QED) is 0.0544. The monoisotopic (exact) mass is 824 g/mol. The summed E-state index contributed by atoms with van der Waals surface area (Å²) in [5.41, 5.74) is 15.0. The zero-order chi connectivity index (χ0) is 33.1. The van der Waals surface area contributed by atoms with Gasteiger partial charge >= 0.3 is 12.0 Å². The van der Waals surface area contributed by atoms with Gasteiger partial charge in [-0.25, -0.2) is 0 Å². The Hall–Kier alpha value is 2.27. The average molecular weight is 828 g/mol. The third-order valence-corrected chi connectivity index (χ3v) is 22.2. The molecule has 15 heteroatoms. The van der Waals surface area contributed by atoms with E-state index in [9.17, 15) is 0 Å². The summed E-state index contributed by atoms with van der Waals surface area (Å²) in [6.45, 7) is 19.3.